The number of rotatable bonds is 7. The average Bonchev–Trinajstić information content (AvgIpc) is 2.61. The lowest BCUT2D eigenvalue weighted by atomic mass is 10.2. The minimum Gasteiger partial charge on any atom is -0.326 e. The zero-order valence-electron chi connectivity index (χ0n) is 14.2. The second-order valence-corrected chi connectivity index (χ2v) is 7.14. The SMILES string of the molecule is C=CCNS(=O)(=O)c1ccc(C(=O)Nc2ccc(NC(C)=O)cc2)cc1. The van der Waals surface area contributed by atoms with Crippen LogP contribution in [0, 0.1) is 0 Å². The van der Waals surface area contributed by atoms with Gasteiger partial charge in [-0.3, -0.25) is 9.59 Å². The Hall–Kier alpha value is -2.97. The number of anilines is 2. The fourth-order valence-corrected chi connectivity index (χ4v) is 3.08. The molecule has 0 aliphatic rings. The topological polar surface area (TPSA) is 104 Å². The minimum atomic E-state index is -3.63. The second kappa shape index (κ2) is 8.41. The van der Waals surface area contributed by atoms with Gasteiger partial charge in [0, 0.05) is 30.4 Å². The quantitative estimate of drug-likeness (QED) is 0.648. The van der Waals surface area contributed by atoms with Crippen molar-refractivity contribution in [2.24, 2.45) is 0 Å². The van der Waals surface area contributed by atoms with Crippen LogP contribution in [0.3, 0.4) is 0 Å². The van der Waals surface area contributed by atoms with Gasteiger partial charge < -0.3 is 10.6 Å². The summed E-state index contributed by atoms with van der Waals surface area (Å²) < 4.78 is 26.3. The summed E-state index contributed by atoms with van der Waals surface area (Å²) in [5.74, 6) is -0.556. The lowest BCUT2D eigenvalue weighted by Gasteiger charge is -2.08. The van der Waals surface area contributed by atoms with Crippen LogP contribution in [0.4, 0.5) is 11.4 Å². The lowest BCUT2D eigenvalue weighted by molar-refractivity contribution is -0.114. The van der Waals surface area contributed by atoms with Crippen molar-refractivity contribution in [1.29, 1.82) is 0 Å². The van der Waals surface area contributed by atoms with Crippen LogP contribution in [-0.2, 0) is 14.8 Å². The molecule has 0 aromatic heterocycles. The Balaban J connectivity index is 2.06. The molecule has 8 heteroatoms. The molecule has 0 aliphatic carbocycles. The molecule has 136 valence electrons. The Morgan fingerprint density at radius 3 is 2.00 bits per heavy atom. The van der Waals surface area contributed by atoms with Crippen molar-refractivity contribution in [2.45, 2.75) is 11.8 Å². The normalized spacial score (nSPS) is 10.8. The highest BCUT2D eigenvalue weighted by Crippen LogP contribution is 2.16. The van der Waals surface area contributed by atoms with E-state index in [-0.39, 0.29) is 23.3 Å². The van der Waals surface area contributed by atoms with Crippen molar-refractivity contribution in [1.82, 2.24) is 4.72 Å². The fraction of sp³-hybridized carbons (Fsp3) is 0.111. The molecule has 7 nitrogen and oxygen atoms in total. The molecule has 2 amide bonds. The fourth-order valence-electron chi connectivity index (χ4n) is 2.08. The smallest absolute Gasteiger partial charge is 0.255 e. The van der Waals surface area contributed by atoms with Crippen molar-refractivity contribution in [3.63, 3.8) is 0 Å². The van der Waals surface area contributed by atoms with Gasteiger partial charge in [0.25, 0.3) is 5.91 Å². The van der Waals surface area contributed by atoms with Crippen LogP contribution >= 0.6 is 0 Å². The van der Waals surface area contributed by atoms with E-state index in [2.05, 4.69) is 21.9 Å². The number of sulfonamides is 1. The minimum absolute atomic E-state index is 0.0653. The van der Waals surface area contributed by atoms with Crippen LogP contribution in [0.15, 0.2) is 66.1 Å². The van der Waals surface area contributed by atoms with Gasteiger partial charge in [-0.05, 0) is 48.5 Å². The molecule has 0 atom stereocenters. The molecule has 0 bridgehead atoms. The number of hydrogen-bond donors (Lipinski definition) is 3. The molecule has 3 N–H and O–H groups in total. The first kappa shape index (κ1) is 19.4. The van der Waals surface area contributed by atoms with Gasteiger partial charge in [0.1, 0.15) is 0 Å². The molecule has 0 spiro atoms. The van der Waals surface area contributed by atoms with Crippen LogP contribution in [0.2, 0.25) is 0 Å². The van der Waals surface area contributed by atoms with Gasteiger partial charge in [0.05, 0.1) is 4.90 Å². The number of carbonyl (C=O) groups is 2. The molecule has 26 heavy (non-hydrogen) atoms. The predicted molar refractivity (Wildman–Crippen MR) is 101 cm³/mol. The molecular formula is C18H19N3O4S. The van der Waals surface area contributed by atoms with Crippen molar-refractivity contribution in [3.05, 3.63) is 66.7 Å². The van der Waals surface area contributed by atoms with Crippen molar-refractivity contribution in [3.8, 4) is 0 Å². The maximum Gasteiger partial charge on any atom is 0.255 e. The summed E-state index contributed by atoms with van der Waals surface area (Å²) in [5, 5.41) is 5.33. The zero-order chi connectivity index (χ0) is 19.2. The molecular weight excluding hydrogens is 354 g/mol. The van der Waals surface area contributed by atoms with Crippen LogP contribution in [0.1, 0.15) is 17.3 Å². The first-order valence-electron chi connectivity index (χ1n) is 7.71. The molecule has 0 unspecified atom stereocenters. The van der Waals surface area contributed by atoms with Crippen molar-refractivity contribution in [2.75, 3.05) is 17.2 Å². The van der Waals surface area contributed by atoms with Crippen LogP contribution in [-0.4, -0.2) is 26.8 Å². The van der Waals surface area contributed by atoms with Gasteiger partial charge in [-0.25, -0.2) is 13.1 Å². The Labute approximate surface area is 152 Å². The van der Waals surface area contributed by atoms with E-state index in [4.69, 9.17) is 0 Å². The van der Waals surface area contributed by atoms with E-state index < -0.39 is 10.0 Å². The summed E-state index contributed by atoms with van der Waals surface area (Å²) in [6, 6.07) is 12.2. The Bertz CT molecular complexity index is 904. The third kappa shape index (κ3) is 5.27. The highest BCUT2D eigenvalue weighted by molar-refractivity contribution is 7.89. The number of hydrogen-bond acceptors (Lipinski definition) is 4. The number of nitrogens with one attached hydrogen (secondary N) is 3. The maximum absolute atomic E-state index is 12.3. The predicted octanol–water partition coefficient (Wildman–Crippen LogP) is 2.36. The molecule has 2 aromatic rings. The van der Waals surface area contributed by atoms with E-state index in [1.54, 1.807) is 24.3 Å². The van der Waals surface area contributed by atoms with Gasteiger partial charge in [0.2, 0.25) is 15.9 Å². The standard InChI is InChI=1S/C18H19N3O4S/c1-3-12-19-26(24,25)17-10-4-14(5-11-17)18(23)21-16-8-6-15(7-9-16)20-13(2)22/h3-11,19H,1,12H2,2H3,(H,20,22)(H,21,23). The van der Waals surface area contributed by atoms with Gasteiger partial charge in [-0.15, -0.1) is 6.58 Å². The largest absolute Gasteiger partial charge is 0.326 e. The number of amides is 2. The monoisotopic (exact) mass is 373 g/mol. The van der Waals surface area contributed by atoms with Crippen molar-refractivity contribution >= 4 is 33.2 Å². The summed E-state index contributed by atoms with van der Waals surface area (Å²) in [7, 11) is -3.63. The Kier molecular flexibility index (Phi) is 6.26. The van der Waals surface area contributed by atoms with Gasteiger partial charge in [-0.1, -0.05) is 6.08 Å². The summed E-state index contributed by atoms with van der Waals surface area (Å²) in [6.07, 6.45) is 1.44. The third-order valence-corrected chi connectivity index (χ3v) is 4.75. The van der Waals surface area contributed by atoms with Crippen LogP contribution in [0.5, 0.6) is 0 Å². The Morgan fingerprint density at radius 1 is 0.962 bits per heavy atom. The molecule has 0 heterocycles. The van der Waals surface area contributed by atoms with E-state index in [0.717, 1.165) is 0 Å². The van der Waals surface area contributed by atoms with Gasteiger partial charge >= 0.3 is 0 Å². The molecule has 0 radical (unpaired) electrons. The van der Waals surface area contributed by atoms with Gasteiger partial charge in [0.15, 0.2) is 0 Å². The van der Waals surface area contributed by atoms with Crippen molar-refractivity contribution < 1.29 is 18.0 Å². The van der Waals surface area contributed by atoms with Crippen LogP contribution < -0.4 is 15.4 Å². The average molecular weight is 373 g/mol. The summed E-state index contributed by atoms with van der Waals surface area (Å²) in [6.45, 7) is 4.99. The van der Waals surface area contributed by atoms with E-state index in [1.807, 2.05) is 0 Å². The van der Waals surface area contributed by atoms with E-state index in [0.29, 0.717) is 16.9 Å². The first-order chi connectivity index (χ1) is 12.3. The summed E-state index contributed by atoms with van der Waals surface area (Å²) in [4.78, 5) is 23.3. The summed E-state index contributed by atoms with van der Waals surface area (Å²) in [5.41, 5.74) is 1.49. The lowest BCUT2D eigenvalue weighted by Crippen LogP contribution is -2.23. The number of benzene rings is 2. The number of carbonyl (C=O) groups excluding carboxylic acids is 2. The van der Waals surface area contributed by atoms with Crippen LogP contribution in [0.25, 0.3) is 0 Å². The highest BCUT2D eigenvalue weighted by atomic mass is 32.2. The third-order valence-electron chi connectivity index (χ3n) is 3.31. The Morgan fingerprint density at radius 2 is 1.50 bits per heavy atom. The molecule has 2 aromatic carbocycles. The van der Waals surface area contributed by atoms with E-state index in [9.17, 15) is 18.0 Å². The second-order valence-electron chi connectivity index (χ2n) is 5.38. The van der Waals surface area contributed by atoms with Gasteiger partial charge in [-0.2, -0.15) is 0 Å². The molecule has 0 saturated carbocycles. The molecule has 0 aliphatic heterocycles. The highest BCUT2D eigenvalue weighted by Gasteiger charge is 2.14. The molecule has 0 fully saturated rings. The first-order valence-corrected chi connectivity index (χ1v) is 9.20. The zero-order valence-corrected chi connectivity index (χ0v) is 15.0. The molecule has 2 rings (SSSR count). The summed E-state index contributed by atoms with van der Waals surface area (Å²) >= 11 is 0. The maximum atomic E-state index is 12.3. The van der Waals surface area contributed by atoms with E-state index in [1.165, 1.54) is 37.3 Å². The molecule has 0 saturated heterocycles. The van der Waals surface area contributed by atoms with E-state index >= 15 is 0 Å².